The van der Waals surface area contributed by atoms with Gasteiger partial charge in [-0.3, -0.25) is 50.0 Å². The van der Waals surface area contributed by atoms with E-state index in [0.29, 0.717) is 68.4 Å². The van der Waals surface area contributed by atoms with Crippen LogP contribution in [-0.4, -0.2) is 112 Å². The number of halogens is 2. The highest BCUT2D eigenvalue weighted by Gasteiger charge is 2.29. The van der Waals surface area contributed by atoms with Gasteiger partial charge >= 0.3 is 11.9 Å². The summed E-state index contributed by atoms with van der Waals surface area (Å²) in [5.41, 5.74) is 5.73. The summed E-state index contributed by atoms with van der Waals surface area (Å²) in [6.07, 6.45) is 0. The molecule has 0 saturated carbocycles. The van der Waals surface area contributed by atoms with Crippen LogP contribution in [0.1, 0.15) is 82.3 Å². The molecule has 0 atom stereocenters. The third kappa shape index (κ3) is 25.6. The van der Waals surface area contributed by atoms with Crippen molar-refractivity contribution in [3.05, 3.63) is 357 Å². The maximum absolute atomic E-state index is 12.5. The lowest BCUT2D eigenvalue weighted by Crippen LogP contribution is -2.25. The van der Waals surface area contributed by atoms with E-state index in [1.165, 1.54) is 127 Å². The van der Waals surface area contributed by atoms with Crippen molar-refractivity contribution >= 4 is 46.5 Å². The Morgan fingerprint density at radius 1 is 0.368 bits per heavy atom. The molecule has 15 rings (SSSR count). The predicted octanol–water partition coefficient (Wildman–Crippen LogP) is 20.5. The topological polar surface area (TPSA) is 504 Å². The monoisotopic (exact) mass is 1810 g/mol. The SMILES string of the molecule is CCOC(=O)c1cc(-c2c(OCc3ccccc3)cc(C)cc2Oc2ccc([N+](=O)[O-])cc2)on1.Cc1cc(OCc2ccccc2)c(-c2cc(C(=O)NCCF)no2)c(Oc2ccc([N+](=O)[O-])cc2)c1.Cc1cc(OCc2ccccc2)c(-c2cc(C(=O)O)no2)c(Oc2ccc([N+](=O)[O-])cc2)c1.O=C(NCCF)c1cc(-c2c(O)cc(O)cc2Oc2ccc([N+](=O)[O-])cc2)on1. The number of hydrogen-bond acceptors (Lipinski definition) is 30. The number of phenolic OH excluding ortho intramolecular Hbond substituents is 2. The number of nitrogens with zero attached hydrogens (tertiary/aromatic N) is 8. The number of esters is 1. The summed E-state index contributed by atoms with van der Waals surface area (Å²) >= 11 is 0. The van der Waals surface area contributed by atoms with Crippen molar-refractivity contribution in [1.82, 2.24) is 31.3 Å². The van der Waals surface area contributed by atoms with Gasteiger partial charge in [0.2, 0.25) is 0 Å². The van der Waals surface area contributed by atoms with Crippen molar-refractivity contribution in [2.75, 3.05) is 33.0 Å². The van der Waals surface area contributed by atoms with E-state index in [1.807, 2.05) is 118 Å². The summed E-state index contributed by atoms with van der Waals surface area (Å²) in [7, 11) is 0. The second kappa shape index (κ2) is 44.8. The highest BCUT2D eigenvalue weighted by molar-refractivity contribution is 5.95. The van der Waals surface area contributed by atoms with Crippen molar-refractivity contribution in [3.8, 4) is 120 Å². The number of nitrogens with one attached hydrogen (secondary N) is 2. The van der Waals surface area contributed by atoms with Crippen LogP contribution in [0, 0.1) is 61.2 Å². The van der Waals surface area contributed by atoms with E-state index in [0.717, 1.165) is 39.4 Å². The van der Waals surface area contributed by atoms with Crippen molar-refractivity contribution in [1.29, 1.82) is 0 Å². The fraction of sp³-hybridized carbons (Fsp3) is 0.128. The summed E-state index contributed by atoms with van der Waals surface area (Å²) in [5, 5.41) is 92.4. The van der Waals surface area contributed by atoms with Gasteiger partial charge in [0.15, 0.2) is 45.8 Å². The molecule has 5 N–H and O–H groups in total. The zero-order chi connectivity index (χ0) is 94.6. The van der Waals surface area contributed by atoms with Gasteiger partial charge in [0, 0.05) is 98.0 Å². The number of aromatic nitrogens is 4. The van der Waals surface area contributed by atoms with Gasteiger partial charge < -0.3 is 81.9 Å². The molecule has 678 valence electrons. The zero-order valence-electron chi connectivity index (χ0n) is 70.5. The van der Waals surface area contributed by atoms with Gasteiger partial charge in [0.05, 0.1) is 26.3 Å². The number of carbonyl (C=O) groups is 4. The number of amides is 2. The molecule has 4 heterocycles. The van der Waals surface area contributed by atoms with E-state index in [1.54, 1.807) is 37.3 Å². The summed E-state index contributed by atoms with van der Waals surface area (Å²) in [4.78, 5) is 89.2. The molecule has 0 radical (unpaired) electrons. The lowest BCUT2D eigenvalue weighted by Gasteiger charge is -2.16. The van der Waals surface area contributed by atoms with Crippen LogP contribution >= 0.6 is 0 Å². The maximum Gasteiger partial charge on any atom is 0.360 e. The molecule has 15 aromatic rings. The molecule has 0 saturated heterocycles. The Morgan fingerprint density at radius 2 is 0.647 bits per heavy atom. The Labute approximate surface area is 751 Å². The van der Waals surface area contributed by atoms with Crippen molar-refractivity contribution < 1.29 is 119 Å². The van der Waals surface area contributed by atoms with Crippen LogP contribution in [0.4, 0.5) is 31.5 Å². The zero-order valence-corrected chi connectivity index (χ0v) is 70.5. The molecule has 37 nitrogen and oxygen atoms in total. The molecule has 0 fully saturated rings. The first-order chi connectivity index (χ1) is 64.2. The molecular weight excluding hydrogens is 1740 g/mol. The van der Waals surface area contributed by atoms with E-state index in [9.17, 15) is 83.7 Å². The minimum atomic E-state index is -1.23. The number of ether oxygens (including phenoxy) is 8. The van der Waals surface area contributed by atoms with Gasteiger partial charge in [-0.05, 0) is 146 Å². The number of alkyl halides is 2. The van der Waals surface area contributed by atoms with Gasteiger partial charge in [-0.25, -0.2) is 18.4 Å². The lowest BCUT2D eigenvalue weighted by molar-refractivity contribution is -0.385. The van der Waals surface area contributed by atoms with Crippen molar-refractivity contribution in [2.24, 2.45) is 0 Å². The Balaban J connectivity index is 0.000000160. The first kappa shape index (κ1) is 93.9. The molecular formula is C94H76F2N10O27. The first-order valence-corrected chi connectivity index (χ1v) is 39.8. The molecule has 0 spiro atoms. The Kier molecular flexibility index (Phi) is 31.6. The molecule has 11 aromatic carbocycles. The lowest BCUT2D eigenvalue weighted by atomic mass is 10.1. The van der Waals surface area contributed by atoms with Crippen molar-refractivity contribution in [3.63, 3.8) is 0 Å². The summed E-state index contributed by atoms with van der Waals surface area (Å²) in [5.74, 6) is 0.196. The number of phenols is 2. The summed E-state index contributed by atoms with van der Waals surface area (Å²) in [6.45, 7) is 6.49. The minimum absolute atomic E-state index is 0.0118. The smallest absolute Gasteiger partial charge is 0.360 e. The van der Waals surface area contributed by atoms with E-state index in [4.69, 9.17) is 56.0 Å². The van der Waals surface area contributed by atoms with E-state index < -0.39 is 62.5 Å². The van der Waals surface area contributed by atoms with Gasteiger partial charge in [-0.1, -0.05) is 112 Å². The number of carboxylic acids is 1. The fourth-order valence-electron chi connectivity index (χ4n) is 12.3. The normalized spacial score (nSPS) is 10.6. The molecule has 0 unspecified atom stereocenters. The number of rotatable bonds is 34. The fourth-order valence-corrected chi connectivity index (χ4v) is 12.3. The van der Waals surface area contributed by atoms with Crippen LogP contribution in [0.25, 0.3) is 45.3 Å². The largest absolute Gasteiger partial charge is 0.508 e. The molecule has 133 heavy (non-hydrogen) atoms. The Hall–Kier alpha value is -18.2. The van der Waals surface area contributed by atoms with Gasteiger partial charge in [-0.2, -0.15) is 0 Å². The standard InChI is InChI=1S/C26H22FN3O6.C26H22N2O7.C24H18N2O7.C18H14FN3O7/c1-17-13-22(34-16-18-5-3-2-4-6-18)25(24-15-21(29-36-24)26(31)28-12-11-27)23(14-17)35-20-9-7-19(8-10-20)30(32)33;1-3-32-26(29)21-15-24(35-27-21)25-22(33-16-18-7-5-4-6-8-18)13-17(2)14-23(25)34-20-11-9-19(10-12-20)28(30)31;1-15-11-20(31-14-16-5-3-2-4-6-16)23(22-13-19(24(27)28)25-33-22)21(12-15)32-18-9-7-17(8-10-18)26(29)30;19-5-6-20-18(25)13-9-16(29-21-13)17-14(24)7-11(23)8-15(17)28-12-3-1-10(2-4-12)22(26)27/h2-10,13-15H,11-12,16H2,1H3,(H,28,31);4-15H,3,16H2,1-2H3;2-13H,14H2,1H3,(H,27,28);1-4,7-9,23-24H,5-6H2,(H,20,25). The number of aryl methyl sites for hydroxylation is 3. The van der Waals surface area contributed by atoms with Crippen LogP contribution in [-0.2, 0) is 24.6 Å². The number of hydrogen-bond donors (Lipinski definition) is 5. The number of aromatic hydroxyl groups is 2. The van der Waals surface area contributed by atoms with Crippen LogP contribution in [0.2, 0.25) is 0 Å². The third-order valence-electron chi connectivity index (χ3n) is 18.5. The Morgan fingerprint density at radius 3 is 0.940 bits per heavy atom. The van der Waals surface area contributed by atoms with Crippen LogP contribution in [0.15, 0.2) is 279 Å². The maximum atomic E-state index is 12.5. The minimum Gasteiger partial charge on any atom is -0.508 e. The average molecular weight is 1820 g/mol. The molecule has 0 aliphatic carbocycles. The van der Waals surface area contributed by atoms with Gasteiger partial charge in [0.1, 0.15) is 130 Å². The molecule has 2 amide bonds. The van der Waals surface area contributed by atoms with Crippen molar-refractivity contribution in [2.45, 2.75) is 47.5 Å². The molecule has 0 aliphatic heterocycles. The number of benzene rings is 11. The quantitative estimate of drug-likeness (QED) is 0.0142. The third-order valence-corrected chi connectivity index (χ3v) is 18.5. The van der Waals surface area contributed by atoms with Gasteiger partial charge in [0.25, 0.3) is 34.6 Å². The number of carboxylic acid groups (broad SMARTS) is 1. The number of nitro benzene ring substituents is 4. The molecule has 0 aliphatic rings. The second-order valence-corrected chi connectivity index (χ2v) is 28.2. The molecule has 0 bridgehead atoms. The first-order valence-electron chi connectivity index (χ1n) is 39.8. The van der Waals surface area contributed by atoms with Gasteiger partial charge in [-0.15, -0.1) is 0 Å². The second-order valence-electron chi connectivity index (χ2n) is 28.2. The molecule has 4 aromatic heterocycles. The highest BCUT2D eigenvalue weighted by Crippen LogP contribution is 2.48. The number of non-ortho nitro benzene ring substituents is 4. The van der Waals surface area contributed by atoms with Crippen LogP contribution in [0.3, 0.4) is 0 Å². The summed E-state index contributed by atoms with van der Waals surface area (Å²) < 4.78 is 93.0. The van der Waals surface area contributed by atoms with E-state index >= 15 is 0 Å². The Bertz CT molecular complexity index is 6620. The van der Waals surface area contributed by atoms with E-state index in [-0.39, 0.29) is 131 Å². The summed E-state index contributed by atoms with van der Waals surface area (Å²) in [6, 6.07) is 69.0. The van der Waals surface area contributed by atoms with Crippen LogP contribution < -0.4 is 43.8 Å². The number of nitro groups is 4. The highest BCUT2D eigenvalue weighted by atomic mass is 19.1. The number of aromatic carboxylic acids is 1. The molecule has 39 heteroatoms. The predicted molar refractivity (Wildman–Crippen MR) is 470 cm³/mol. The average Bonchev–Trinajstić information content (AvgIpc) is 1.69. The van der Waals surface area contributed by atoms with Crippen LogP contribution in [0.5, 0.6) is 74.7 Å². The van der Waals surface area contributed by atoms with E-state index in [2.05, 4.69) is 31.3 Å². The number of carbonyl (C=O) groups excluding carboxylic acids is 3.